The number of benzene rings is 1. The van der Waals surface area contributed by atoms with E-state index in [0.29, 0.717) is 16.9 Å². The van der Waals surface area contributed by atoms with Crippen LogP contribution in [0, 0.1) is 5.41 Å². The van der Waals surface area contributed by atoms with E-state index in [-0.39, 0.29) is 5.91 Å². The second-order valence-electron chi connectivity index (χ2n) is 7.37. The maximum atomic E-state index is 12.6. The van der Waals surface area contributed by atoms with Gasteiger partial charge in [0.2, 0.25) is 5.91 Å². The van der Waals surface area contributed by atoms with Crippen molar-refractivity contribution < 1.29 is 4.79 Å². The lowest BCUT2D eigenvalue weighted by atomic mass is 9.79. The van der Waals surface area contributed by atoms with Crippen molar-refractivity contribution in [1.29, 1.82) is 0 Å². The van der Waals surface area contributed by atoms with Crippen LogP contribution in [0.25, 0.3) is 0 Å². The van der Waals surface area contributed by atoms with E-state index in [1.54, 1.807) is 0 Å². The molecular formula is C20H22ClN3O. The number of amides is 1. The van der Waals surface area contributed by atoms with Gasteiger partial charge in [-0.3, -0.25) is 14.7 Å². The molecule has 3 heterocycles. The summed E-state index contributed by atoms with van der Waals surface area (Å²) in [5.41, 5.74) is 2.64. The van der Waals surface area contributed by atoms with Gasteiger partial charge in [-0.2, -0.15) is 0 Å². The lowest BCUT2D eigenvalue weighted by molar-refractivity contribution is -0.130. The predicted octanol–water partition coefficient (Wildman–Crippen LogP) is 3.01. The van der Waals surface area contributed by atoms with Gasteiger partial charge in [0.15, 0.2) is 0 Å². The molecule has 0 unspecified atom stereocenters. The minimum atomic E-state index is 0.229. The SMILES string of the molecule is O=C(Cc1ccc(Cl)cc1)N1CCC2(CN(Cc3ccncc3)C2)C1. The summed E-state index contributed by atoms with van der Waals surface area (Å²) in [7, 11) is 0. The van der Waals surface area contributed by atoms with E-state index in [0.717, 1.165) is 44.7 Å². The van der Waals surface area contributed by atoms with Gasteiger partial charge in [0.05, 0.1) is 6.42 Å². The summed E-state index contributed by atoms with van der Waals surface area (Å²) < 4.78 is 0. The molecule has 0 N–H and O–H groups in total. The van der Waals surface area contributed by atoms with Crippen molar-refractivity contribution in [1.82, 2.24) is 14.8 Å². The van der Waals surface area contributed by atoms with Crippen LogP contribution in [0.2, 0.25) is 5.02 Å². The smallest absolute Gasteiger partial charge is 0.227 e. The fraction of sp³-hybridized carbons (Fsp3) is 0.400. The number of hydrogen-bond donors (Lipinski definition) is 0. The molecule has 130 valence electrons. The topological polar surface area (TPSA) is 36.4 Å². The average Bonchev–Trinajstić information content (AvgIpc) is 3.03. The van der Waals surface area contributed by atoms with Crippen molar-refractivity contribution in [3.63, 3.8) is 0 Å². The van der Waals surface area contributed by atoms with Crippen LogP contribution in [0.3, 0.4) is 0 Å². The highest BCUT2D eigenvalue weighted by molar-refractivity contribution is 6.30. The quantitative estimate of drug-likeness (QED) is 0.846. The highest BCUT2D eigenvalue weighted by Gasteiger charge is 2.48. The maximum absolute atomic E-state index is 12.6. The normalized spacial score (nSPS) is 19.2. The monoisotopic (exact) mass is 355 g/mol. The number of aromatic nitrogens is 1. The molecule has 4 nitrogen and oxygen atoms in total. The van der Waals surface area contributed by atoms with Crippen molar-refractivity contribution in [3.8, 4) is 0 Å². The zero-order chi connectivity index (χ0) is 17.3. The van der Waals surface area contributed by atoms with Crippen LogP contribution >= 0.6 is 11.6 Å². The number of carbonyl (C=O) groups is 1. The van der Waals surface area contributed by atoms with E-state index in [4.69, 9.17) is 11.6 Å². The molecule has 2 aliphatic rings. The molecule has 1 amide bonds. The Morgan fingerprint density at radius 2 is 1.76 bits per heavy atom. The molecule has 2 fully saturated rings. The third-order valence-electron chi connectivity index (χ3n) is 5.33. The average molecular weight is 356 g/mol. The van der Waals surface area contributed by atoms with Gasteiger partial charge in [-0.15, -0.1) is 0 Å². The molecular weight excluding hydrogens is 334 g/mol. The Balaban J connectivity index is 1.28. The first-order valence-corrected chi connectivity index (χ1v) is 9.13. The van der Waals surface area contributed by atoms with E-state index in [9.17, 15) is 4.79 Å². The van der Waals surface area contributed by atoms with E-state index in [1.165, 1.54) is 5.56 Å². The van der Waals surface area contributed by atoms with Gasteiger partial charge < -0.3 is 4.90 Å². The first-order chi connectivity index (χ1) is 12.1. The Morgan fingerprint density at radius 3 is 2.48 bits per heavy atom. The number of carbonyl (C=O) groups excluding carboxylic acids is 1. The summed E-state index contributed by atoms with van der Waals surface area (Å²) in [6.45, 7) is 4.92. The largest absolute Gasteiger partial charge is 0.342 e. The van der Waals surface area contributed by atoms with E-state index < -0.39 is 0 Å². The molecule has 2 aliphatic heterocycles. The molecule has 0 bridgehead atoms. The van der Waals surface area contributed by atoms with Crippen molar-refractivity contribution in [2.24, 2.45) is 5.41 Å². The van der Waals surface area contributed by atoms with Crippen LogP contribution in [0.1, 0.15) is 17.5 Å². The number of rotatable bonds is 4. The third-order valence-corrected chi connectivity index (χ3v) is 5.59. The molecule has 25 heavy (non-hydrogen) atoms. The zero-order valence-electron chi connectivity index (χ0n) is 14.2. The molecule has 0 atom stereocenters. The van der Waals surface area contributed by atoms with Gasteiger partial charge in [0.1, 0.15) is 0 Å². The Hall–Kier alpha value is -1.91. The Kier molecular flexibility index (Phi) is 4.48. The molecule has 0 aliphatic carbocycles. The Morgan fingerprint density at radius 1 is 1.04 bits per heavy atom. The van der Waals surface area contributed by atoms with E-state index >= 15 is 0 Å². The van der Waals surface area contributed by atoms with Crippen molar-refractivity contribution >= 4 is 17.5 Å². The first-order valence-electron chi connectivity index (χ1n) is 8.75. The van der Waals surface area contributed by atoms with Crippen LogP contribution < -0.4 is 0 Å². The second kappa shape index (κ2) is 6.77. The summed E-state index contributed by atoms with van der Waals surface area (Å²) in [4.78, 5) is 21.1. The van der Waals surface area contributed by atoms with Gasteiger partial charge in [-0.1, -0.05) is 23.7 Å². The van der Waals surface area contributed by atoms with Crippen LogP contribution in [0.4, 0.5) is 0 Å². The fourth-order valence-electron chi connectivity index (χ4n) is 4.06. The highest BCUT2D eigenvalue weighted by Crippen LogP contribution is 2.40. The second-order valence-corrected chi connectivity index (χ2v) is 7.81. The van der Waals surface area contributed by atoms with Gasteiger partial charge in [-0.05, 0) is 41.8 Å². The molecule has 1 aromatic heterocycles. The van der Waals surface area contributed by atoms with Crippen LogP contribution in [0.15, 0.2) is 48.8 Å². The molecule has 5 heteroatoms. The number of nitrogens with zero attached hydrogens (tertiary/aromatic N) is 3. The molecule has 2 aromatic rings. The summed E-state index contributed by atoms with van der Waals surface area (Å²) in [6.07, 6.45) is 5.27. The molecule has 2 saturated heterocycles. The lowest BCUT2D eigenvalue weighted by Gasteiger charge is -2.48. The van der Waals surface area contributed by atoms with Crippen molar-refractivity contribution in [3.05, 3.63) is 64.9 Å². The predicted molar refractivity (Wildman–Crippen MR) is 98.3 cm³/mol. The van der Waals surface area contributed by atoms with Gasteiger partial charge in [0.25, 0.3) is 0 Å². The highest BCUT2D eigenvalue weighted by atomic mass is 35.5. The molecule has 0 radical (unpaired) electrons. The molecule has 4 rings (SSSR count). The Bertz CT molecular complexity index is 741. The van der Waals surface area contributed by atoms with Crippen LogP contribution in [0.5, 0.6) is 0 Å². The molecule has 1 aromatic carbocycles. The fourth-order valence-corrected chi connectivity index (χ4v) is 4.18. The number of hydrogen-bond acceptors (Lipinski definition) is 3. The molecule has 1 spiro atoms. The van der Waals surface area contributed by atoms with E-state index in [2.05, 4.69) is 22.0 Å². The van der Waals surface area contributed by atoms with Crippen LogP contribution in [-0.4, -0.2) is 46.9 Å². The van der Waals surface area contributed by atoms with Crippen molar-refractivity contribution in [2.45, 2.75) is 19.4 Å². The lowest BCUT2D eigenvalue weighted by Crippen LogP contribution is -2.57. The first kappa shape index (κ1) is 16.6. The standard InChI is InChI=1S/C20H22ClN3O/c21-18-3-1-16(2-4-18)11-19(25)24-10-7-20(15-24)13-23(14-20)12-17-5-8-22-9-6-17/h1-6,8-9H,7,10-15H2. The summed E-state index contributed by atoms with van der Waals surface area (Å²) in [6, 6.07) is 11.7. The van der Waals surface area contributed by atoms with E-state index in [1.807, 2.05) is 41.6 Å². The summed E-state index contributed by atoms with van der Waals surface area (Å²) in [5, 5.41) is 0.708. The maximum Gasteiger partial charge on any atom is 0.227 e. The van der Waals surface area contributed by atoms with Gasteiger partial charge in [-0.25, -0.2) is 0 Å². The number of likely N-dealkylation sites (tertiary alicyclic amines) is 2. The number of pyridine rings is 1. The molecule has 0 saturated carbocycles. The van der Waals surface area contributed by atoms with Gasteiger partial charge >= 0.3 is 0 Å². The minimum Gasteiger partial charge on any atom is -0.342 e. The van der Waals surface area contributed by atoms with Crippen LogP contribution in [-0.2, 0) is 17.8 Å². The minimum absolute atomic E-state index is 0.229. The van der Waals surface area contributed by atoms with Crippen molar-refractivity contribution in [2.75, 3.05) is 26.2 Å². The summed E-state index contributed by atoms with van der Waals surface area (Å²) >= 11 is 5.91. The number of halogens is 1. The Labute approximate surface area is 153 Å². The zero-order valence-corrected chi connectivity index (χ0v) is 15.0. The third kappa shape index (κ3) is 3.70. The van der Waals surface area contributed by atoms with Gasteiger partial charge in [0, 0.05) is 55.6 Å². The summed E-state index contributed by atoms with van der Waals surface area (Å²) in [5.74, 6) is 0.229.